The summed E-state index contributed by atoms with van der Waals surface area (Å²) in [6.07, 6.45) is 2.63. The Kier molecular flexibility index (Phi) is 3.90. The summed E-state index contributed by atoms with van der Waals surface area (Å²) in [5.74, 6) is 0.596. The van der Waals surface area contributed by atoms with E-state index in [1.165, 1.54) is 12.6 Å². The SMILES string of the molecule is CC(C)(CNc1cc(Br)ncn1)S(C)(=O)=O. The topological polar surface area (TPSA) is 72.0 Å². The second-order valence-corrected chi connectivity index (χ2v) is 7.57. The van der Waals surface area contributed by atoms with Crippen molar-refractivity contribution in [2.45, 2.75) is 18.6 Å². The van der Waals surface area contributed by atoms with Gasteiger partial charge < -0.3 is 5.32 Å². The summed E-state index contributed by atoms with van der Waals surface area (Å²) < 4.78 is 22.7. The summed E-state index contributed by atoms with van der Waals surface area (Å²) in [5, 5.41) is 2.97. The number of sulfone groups is 1. The molecule has 5 nitrogen and oxygen atoms in total. The molecule has 1 N–H and O–H groups in total. The van der Waals surface area contributed by atoms with E-state index in [1.807, 2.05) is 0 Å². The van der Waals surface area contributed by atoms with Crippen molar-refractivity contribution in [3.05, 3.63) is 17.0 Å². The summed E-state index contributed by atoms with van der Waals surface area (Å²) in [7, 11) is -3.10. The molecule has 0 spiro atoms. The zero-order chi connectivity index (χ0) is 12.4. The van der Waals surface area contributed by atoms with Crippen LogP contribution in [0.5, 0.6) is 0 Å². The minimum absolute atomic E-state index is 0.301. The van der Waals surface area contributed by atoms with Gasteiger partial charge in [0, 0.05) is 18.9 Å². The fourth-order valence-electron chi connectivity index (χ4n) is 0.865. The number of nitrogens with zero attached hydrogens (tertiary/aromatic N) is 2. The molecular formula is C9H14BrN3O2S. The number of hydrogen-bond donors (Lipinski definition) is 1. The molecule has 0 atom stereocenters. The van der Waals surface area contributed by atoms with Crippen molar-refractivity contribution >= 4 is 31.6 Å². The molecule has 0 bridgehead atoms. The van der Waals surface area contributed by atoms with Gasteiger partial charge in [-0.3, -0.25) is 0 Å². The van der Waals surface area contributed by atoms with Crippen LogP contribution in [-0.2, 0) is 9.84 Å². The Morgan fingerprint density at radius 2 is 2.06 bits per heavy atom. The smallest absolute Gasteiger partial charge is 0.154 e. The fraction of sp³-hybridized carbons (Fsp3) is 0.556. The van der Waals surface area contributed by atoms with Crippen LogP contribution in [0, 0.1) is 0 Å². The van der Waals surface area contributed by atoms with Gasteiger partial charge in [-0.25, -0.2) is 18.4 Å². The molecule has 1 aromatic rings. The average molecular weight is 308 g/mol. The Labute approximate surface area is 104 Å². The maximum absolute atomic E-state index is 11.5. The first-order valence-corrected chi connectivity index (χ1v) is 7.32. The predicted octanol–water partition coefficient (Wildman–Crippen LogP) is 1.47. The normalized spacial score (nSPS) is 12.5. The molecule has 16 heavy (non-hydrogen) atoms. The zero-order valence-electron chi connectivity index (χ0n) is 9.36. The molecule has 0 amide bonds. The van der Waals surface area contributed by atoms with Crippen molar-refractivity contribution in [2.24, 2.45) is 0 Å². The third kappa shape index (κ3) is 3.41. The van der Waals surface area contributed by atoms with E-state index in [-0.39, 0.29) is 0 Å². The summed E-state index contributed by atoms with van der Waals surface area (Å²) >= 11 is 3.21. The minimum atomic E-state index is -3.10. The number of nitrogens with one attached hydrogen (secondary N) is 1. The Morgan fingerprint density at radius 3 is 2.56 bits per heavy atom. The predicted molar refractivity (Wildman–Crippen MR) is 67.1 cm³/mol. The molecule has 0 aliphatic rings. The Morgan fingerprint density at radius 1 is 1.44 bits per heavy atom. The van der Waals surface area contributed by atoms with Crippen LogP contribution in [0.2, 0.25) is 0 Å². The first-order valence-electron chi connectivity index (χ1n) is 4.63. The molecule has 7 heteroatoms. The van der Waals surface area contributed by atoms with Gasteiger partial charge in [-0.15, -0.1) is 0 Å². The van der Waals surface area contributed by atoms with E-state index >= 15 is 0 Å². The lowest BCUT2D eigenvalue weighted by Crippen LogP contribution is -2.38. The highest BCUT2D eigenvalue weighted by atomic mass is 79.9. The molecule has 0 saturated carbocycles. The number of halogens is 1. The lowest BCUT2D eigenvalue weighted by Gasteiger charge is -2.22. The van der Waals surface area contributed by atoms with Crippen LogP contribution in [0.4, 0.5) is 5.82 Å². The summed E-state index contributed by atoms with van der Waals surface area (Å²) in [6, 6.07) is 1.69. The van der Waals surface area contributed by atoms with E-state index in [0.29, 0.717) is 17.0 Å². The van der Waals surface area contributed by atoms with Crippen molar-refractivity contribution in [3.63, 3.8) is 0 Å². The third-order valence-corrected chi connectivity index (χ3v) is 4.92. The van der Waals surface area contributed by atoms with Crippen LogP contribution >= 0.6 is 15.9 Å². The first-order chi connectivity index (χ1) is 7.22. The highest BCUT2D eigenvalue weighted by Crippen LogP contribution is 2.16. The van der Waals surface area contributed by atoms with Gasteiger partial charge in [0.25, 0.3) is 0 Å². The number of anilines is 1. The van der Waals surface area contributed by atoms with Crippen molar-refractivity contribution in [1.82, 2.24) is 9.97 Å². The highest BCUT2D eigenvalue weighted by molar-refractivity contribution is 9.10. The fourth-order valence-corrected chi connectivity index (χ4v) is 1.51. The van der Waals surface area contributed by atoms with Crippen LogP contribution in [-0.4, -0.2) is 35.9 Å². The van der Waals surface area contributed by atoms with Crippen LogP contribution in [0.1, 0.15) is 13.8 Å². The van der Waals surface area contributed by atoms with E-state index in [4.69, 9.17) is 0 Å². The summed E-state index contributed by atoms with van der Waals surface area (Å²) in [4.78, 5) is 7.86. The standard InChI is InChI=1S/C9H14BrN3O2S/c1-9(2,16(3,14)15)5-11-8-4-7(10)12-6-13-8/h4,6H,5H2,1-3H3,(H,11,12,13). The maximum atomic E-state index is 11.5. The number of rotatable bonds is 4. The van der Waals surface area contributed by atoms with E-state index in [0.717, 1.165) is 0 Å². The molecule has 0 aliphatic carbocycles. The van der Waals surface area contributed by atoms with Crippen molar-refractivity contribution < 1.29 is 8.42 Å². The third-order valence-electron chi connectivity index (χ3n) is 2.33. The second-order valence-electron chi connectivity index (χ2n) is 4.11. The lowest BCUT2D eigenvalue weighted by molar-refractivity contribution is 0.559. The van der Waals surface area contributed by atoms with Gasteiger partial charge in [-0.1, -0.05) is 0 Å². The second kappa shape index (κ2) is 4.67. The van der Waals surface area contributed by atoms with Gasteiger partial charge in [0.1, 0.15) is 16.7 Å². The number of hydrogen-bond acceptors (Lipinski definition) is 5. The molecule has 90 valence electrons. The van der Waals surface area contributed by atoms with Gasteiger partial charge in [0.15, 0.2) is 9.84 Å². The van der Waals surface area contributed by atoms with Gasteiger partial charge in [0.05, 0.1) is 4.75 Å². The largest absolute Gasteiger partial charge is 0.368 e. The monoisotopic (exact) mass is 307 g/mol. The number of aromatic nitrogens is 2. The maximum Gasteiger partial charge on any atom is 0.154 e. The van der Waals surface area contributed by atoms with Crippen LogP contribution in [0.3, 0.4) is 0 Å². The molecule has 0 radical (unpaired) electrons. The van der Waals surface area contributed by atoms with Crippen molar-refractivity contribution in [1.29, 1.82) is 0 Å². The van der Waals surface area contributed by atoms with Crippen molar-refractivity contribution in [2.75, 3.05) is 18.1 Å². The van der Waals surface area contributed by atoms with E-state index in [9.17, 15) is 8.42 Å². The molecule has 0 aliphatic heterocycles. The molecule has 0 unspecified atom stereocenters. The average Bonchev–Trinajstić information content (AvgIpc) is 2.13. The molecule has 1 heterocycles. The van der Waals surface area contributed by atoms with Crippen LogP contribution < -0.4 is 5.32 Å². The Balaban J connectivity index is 2.72. The summed E-state index contributed by atoms with van der Waals surface area (Å²) in [6.45, 7) is 3.65. The Hall–Kier alpha value is -0.690. The molecular weight excluding hydrogens is 294 g/mol. The molecule has 0 fully saturated rings. The van der Waals surface area contributed by atoms with E-state index in [1.54, 1.807) is 19.9 Å². The van der Waals surface area contributed by atoms with Gasteiger partial charge >= 0.3 is 0 Å². The molecule has 0 aromatic carbocycles. The van der Waals surface area contributed by atoms with E-state index in [2.05, 4.69) is 31.2 Å². The lowest BCUT2D eigenvalue weighted by atomic mass is 10.2. The quantitative estimate of drug-likeness (QED) is 0.853. The van der Waals surface area contributed by atoms with Crippen LogP contribution in [0.25, 0.3) is 0 Å². The summed E-state index contributed by atoms with van der Waals surface area (Å²) in [5.41, 5.74) is 0. The molecule has 0 saturated heterocycles. The van der Waals surface area contributed by atoms with Gasteiger partial charge in [-0.2, -0.15) is 0 Å². The minimum Gasteiger partial charge on any atom is -0.368 e. The van der Waals surface area contributed by atoms with Gasteiger partial charge in [-0.05, 0) is 29.8 Å². The van der Waals surface area contributed by atoms with Gasteiger partial charge in [0.2, 0.25) is 0 Å². The zero-order valence-corrected chi connectivity index (χ0v) is 11.8. The first kappa shape index (κ1) is 13.4. The van der Waals surface area contributed by atoms with E-state index < -0.39 is 14.6 Å². The Bertz CT molecular complexity index is 473. The molecule has 1 rings (SSSR count). The highest BCUT2D eigenvalue weighted by Gasteiger charge is 2.29. The molecule has 1 aromatic heterocycles. The van der Waals surface area contributed by atoms with Crippen molar-refractivity contribution in [3.8, 4) is 0 Å². The van der Waals surface area contributed by atoms with Crippen LogP contribution in [0.15, 0.2) is 17.0 Å².